The zero-order chi connectivity index (χ0) is 12.1. The maximum atomic E-state index is 12.8. The second kappa shape index (κ2) is 5.61. The summed E-state index contributed by atoms with van der Waals surface area (Å²) in [5, 5.41) is 1.79. The summed E-state index contributed by atoms with van der Waals surface area (Å²) in [6.45, 7) is 1.72. The normalized spacial score (nSPS) is 11.9. The third-order valence-corrected chi connectivity index (χ3v) is 2.34. The minimum Gasteiger partial charge on any atom is -0.341 e. The molecule has 16 heavy (non-hydrogen) atoms. The van der Waals surface area contributed by atoms with Crippen molar-refractivity contribution in [1.82, 2.24) is 5.32 Å². The molecule has 1 unspecified atom stereocenters. The Balaban J connectivity index is 2.75. The fraction of sp³-hybridized carbons (Fsp3) is 0.273. The Bertz CT molecular complexity index is 409. The smallest absolute Gasteiger partial charge is 0.252 e. The van der Waals surface area contributed by atoms with Crippen molar-refractivity contribution >= 4 is 22.8 Å². The molecule has 5 heteroatoms. The fourth-order valence-electron chi connectivity index (χ4n) is 1.19. The van der Waals surface area contributed by atoms with E-state index in [-0.39, 0.29) is 5.56 Å². The lowest BCUT2D eigenvalue weighted by Crippen LogP contribution is -2.38. The van der Waals surface area contributed by atoms with Gasteiger partial charge in [0.05, 0.1) is 0 Å². The van der Waals surface area contributed by atoms with Crippen LogP contribution in [0.25, 0.3) is 0 Å². The Labute approximate surface area is 97.6 Å². The molecule has 0 aliphatic rings. The van der Waals surface area contributed by atoms with Crippen LogP contribution in [0, 0.1) is 5.82 Å². The monoisotopic (exact) mass is 243 g/mol. The van der Waals surface area contributed by atoms with Crippen molar-refractivity contribution in [3.05, 3.63) is 35.6 Å². The van der Waals surface area contributed by atoms with Crippen molar-refractivity contribution in [3.63, 3.8) is 0 Å². The van der Waals surface area contributed by atoms with Crippen molar-refractivity contribution in [2.24, 2.45) is 0 Å². The lowest BCUT2D eigenvalue weighted by atomic mass is 10.2. The first-order valence-electron chi connectivity index (χ1n) is 4.80. The Morgan fingerprint density at radius 2 is 2.19 bits per heavy atom. The van der Waals surface area contributed by atoms with Gasteiger partial charge in [-0.3, -0.25) is 9.59 Å². The van der Waals surface area contributed by atoms with Crippen LogP contribution in [0.2, 0.25) is 0 Å². The van der Waals surface area contributed by atoms with Gasteiger partial charge in [0.15, 0.2) is 0 Å². The van der Waals surface area contributed by atoms with Gasteiger partial charge in [0.2, 0.25) is 5.24 Å². The summed E-state index contributed by atoms with van der Waals surface area (Å²) in [5.41, 5.74) is 0.163. The van der Waals surface area contributed by atoms with Crippen molar-refractivity contribution < 1.29 is 14.0 Å². The third kappa shape index (κ3) is 3.31. The lowest BCUT2D eigenvalue weighted by molar-refractivity contribution is -0.113. The number of hydrogen-bond donors (Lipinski definition) is 1. The summed E-state index contributed by atoms with van der Waals surface area (Å²) in [7, 11) is 0. The highest BCUT2D eigenvalue weighted by atomic mass is 35.5. The molecule has 0 fully saturated rings. The molecule has 0 heterocycles. The van der Waals surface area contributed by atoms with Gasteiger partial charge in [0.25, 0.3) is 5.91 Å². The summed E-state index contributed by atoms with van der Waals surface area (Å²) >= 11 is 5.28. The summed E-state index contributed by atoms with van der Waals surface area (Å²) in [6, 6.07) is 4.48. The summed E-state index contributed by atoms with van der Waals surface area (Å²) in [5.74, 6) is -1.02. The fourth-order valence-corrected chi connectivity index (χ4v) is 1.40. The molecule has 0 saturated heterocycles. The van der Waals surface area contributed by atoms with E-state index in [9.17, 15) is 14.0 Å². The molecule has 0 aliphatic heterocycles. The number of nitrogens with one attached hydrogen (secondary N) is 1. The zero-order valence-electron chi connectivity index (χ0n) is 8.67. The Kier molecular flexibility index (Phi) is 4.43. The van der Waals surface area contributed by atoms with E-state index in [2.05, 4.69) is 5.32 Å². The number of carbonyl (C=O) groups excluding carboxylic acids is 2. The maximum absolute atomic E-state index is 12.8. The molecule has 1 aromatic rings. The van der Waals surface area contributed by atoms with E-state index in [0.717, 1.165) is 6.07 Å². The molecule has 0 spiro atoms. The summed E-state index contributed by atoms with van der Waals surface area (Å²) in [4.78, 5) is 22.5. The van der Waals surface area contributed by atoms with Crippen LogP contribution >= 0.6 is 11.6 Å². The lowest BCUT2D eigenvalue weighted by Gasteiger charge is -2.12. The highest BCUT2D eigenvalue weighted by Crippen LogP contribution is 2.05. The molecular weight excluding hydrogens is 233 g/mol. The SMILES string of the molecule is CCC(NC(=O)c1cccc(F)c1)C(=O)Cl. The first kappa shape index (κ1) is 12.6. The number of amides is 1. The highest BCUT2D eigenvalue weighted by molar-refractivity contribution is 6.64. The molecule has 0 radical (unpaired) electrons. The molecular formula is C11H11ClFNO2. The van der Waals surface area contributed by atoms with Gasteiger partial charge in [0, 0.05) is 5.56 Å². The van der Waals surface area contributed by atoms with Crippen LogP contribution < -0.4 is 5.32 Å². The van der Waals surface area contributed by atoms with Crippen LogP contribution in [0.1, 0.15) is 23.7 Å². The molecule has 86 valence electrons. The molecule has 0 bridgehead atoms. The molecule has 1 rings (SSSR count). The van der Waals surface area contributed by atoms with E-state index in [4.69, 9.17) is 11.6 Å². The number of hydrogen-bond acceptors (Lipinski definition) is 2. The number of halogens is 2. The quantitative estimate of drug-likeness (QED) is 0.824. The molecule has 1 aromatic carbocycles. The van der Waals surface area contributed by atoms with Crippen LogP contribution in [0.3, 0.4) is 0 Å². The standard InChI is InChI=1S/C11H11ClFNO2/c1-2-9(10(12)15)14-11(16)7-4-3-5-8(13)6-7/h3-6,9H,2H2,1H3,(H,14,16). The first-order valence-corrected chi connectivity index (χ1v) is 5.18. The predicted octanol–water partition coefficient (Wildman–Crippen LogP) is 2.10. The van der Waals surface area contributed by atoms with Crippen LogP contribution in [0.5, 0.6) is 0 Å². The predicted molar refractivity (Wildman–Crippen MR) is 58.8 cm³/mol. The average molecular weight is 244 g/mol. The molecule has 3 nitrogen and oxygen atoms in total. The van der Waals surface area contributed by atoms with E-state index in [1.165, 1.54) is 18.2 Å². The van der Waals surface area contributed by atoms with Gasteiger partial charge in [0.1, 0.15) is 11.9 Å². The van der Waals surface area contributed by atoms with Crippen molar-refractivity contribution in [2.75, 3.05) is 0 Å². The Morgan fingerprint density at radius 3 is 2.69 bits per heavy atom. The number of benzene rings is 1. The average Bonchev–Trinajstić information content (AvgIpc) is 2.25. The second-order valence-electron chi connectivity index (χ2n) is 3.25. The molecule has 1 atom stereocenters. The molecule has 0 saturated carbocycles. The minimum atomic E-state index is -0.738. The van der Waals surface area contributed by atoms with E-state index in [0.29, 0.717) is 6.42 Å². The number of carbonyl (C=O) groups is 2. The van der Waals surface area contributed by atoms with Crippen LogP contribution in [0.15, 0.2) is 24.3 Å². The molecule has 0 aliphatic carbocycles. The Morgan fingerprint density at radius 1 is 1.50 bits per heavy atom. The maximum Gasteiger partial charge on any atom is 0.252 e. The van der Waals surface area contributed by atoms with E-state index >= 15 is 0 Å². The topological polar surface area (TPSA) is 46.2 Å². The molecule has 1 N–H and O–H groups in total. The van der Waals surface area contributed by atoms with E-state index < -0.39 is 23.0 Å². The van der Waals surface area contributed by atoms with Gasteiger partial charge in [-0.05, 0) is 36.2 Å². The van der Waals surface area contributed by atoms with Gasteiger partial charge in [-0.25, -0.2) is 4.39 Å². The third-order valence-electron chi connectivity index (χ3n) is 2.07. The summed E-state index contributed by atoms with van der Waals surface area (Å²) < 4.78 is 12.8. The zero-order valence-corrected chi connectivity index (χ0v) is 9.42. The van der Waals surface area contributed by atoms with Crippen LogP contribution in [0.4, 0.5) is 4.39 Å². The van der Waals surface area contributed by atoms with Crippen molar-refractivity contribution in [1.29, 1.82) is 0 Å². The largest absolute Gasteiger partial charge is 0.341 e. The van der Waals surface area contributed by atoms with Crippen molar-refractivity contribution in [3.8, 4) is 0 Å². The molecule has 0 aromatic heterocycles. The van der Waals surface area contributed by atoms with Gasteiger partial charge in [-0.15, -0.1) is 0 Å². The summed E-state index contributed by atoms with van der Waals surface area (Å²) in [6.07, 6.45) is 0.392. The highest BCUT2D eigenvalue weighted by Gasteiger charge is 2.17. The van der Waals surface area contributed by atoms with Gasteiger partial charge < -0.3 is 5.32 Å². The van der Waals surface area contributed by atoms with Crippen molar-refractivity contribution in [2.45, 2.75) is 19.4 Å². The van der Waals surface area contributed by atoms with Gasteiger partial charge in [-0.2, -0.15) is 0 Å². The minimum absolute atomic E-state index is 0.163. The van der Waals surface area contributed by atoms with E-state index in [1.807, 2.05) is 0 Å². The number of rotatable bonds is 4. The first-order chi connectivity index (χ1) is 7.54. The van der Waals surface area contributed by atoms with Crippen LogP contribution in [-0.4, -0.2) is 17.2 Å². The van der Waals surface area contributed by atoms with Gasteiger partial charge >= 0.3 is 0 Å². The molecule has 1 amide bonds. The van der Waals surface area contributed by atoms with Crippen LogP contribution in [-0.2, 0) is 4.79 Å². The van der Waals surface area contributed by atoms with E-state index in [1.54, 1.807) is 6.92 Å². The second-order valence-corrected chi connectivity index (χ2v) is 3.62. The van der Waals surface area contributed by atoms with Gasteiger partial charge in [-0.1, -0.05) is 13.0 Å². The Hall–Kier alpha value is -1.42.